The Balaban J connectivity index is 2.10. The molecule has 1 fully saturated rings. The van der Waals surface area contributed by atoms with Gasteiger partial charge in [0.15, 0.2) is 0 Å². The number of hydrogen-bond donors (Lipinski definition) is 1. The molecule has 0 amide bonds. The molecule has 1 aromatic carbocycles. The summed E-state index contributed by atoms with van der Waals surface area (Å²) in [6.07, 6.45) is 2.06. The van der Waals surface area contributed by atoms with Crippen molar-refractivity contribution >= 4 is 16.0 Å². The summed E-state index contributed by atoms with van der Waals surface area (Å²) in [6, 6.07) is 6.26. The summed E-state index contributed by atoms with van der Waals surface area (Å²) in [7, 11) is -3.62. The molecule has 1 aliphatic rings. The van der Waals surface area contributed by atoms with E-state index < -0.39 is 16.0 Å². The van der Waals surface area contributed by atoms with Gasteiger partial charge in [-0.25, -0.2) is 8.42 Å². The van der Waals surface area contributed by atoms with Crippen LogP contribution in [0.2, 0.25) is 0 Å². The molecule has 0 unspecified atom stereocenters. The fourth-order valence-corrected chi connectivity index (χ4v) is 3.26. The number of aryl methyl sites for hydroxylation is 1. The van der Waals surface area contributed by atoms with Gasteiger partial charge < -0.3 is 5.11 Å². The summed E-state index contributed by atoms with van der Waals surface area (Å²) in [5.74, 6) is -0.872. The van der Waals surface area contributed by atoms with E-state index in [1.165, 1.54) is 12.1 Å². The fraction of sp³-hybridized carbons (Fsp3) is 0.462. The van der Waals surface area contributed by atoms with Crippen LogP contribution < -0.4 is 0 Å². The van der Waals surface area contributed by atoms with Crippen molar-refractivity contribution in [1.29, 1.82) is 0 Å². The Morgan fingerprint density at radius 2 is 1.95 bits per heavy atom. The molecule has 0 aliphatic carbocycles. The first-order chi connectivity index (χ1) is 9.50. The predicted molar refractivity (Wildman–Crippen MR) is 71.5 cm³/mol. The molecule has 1 heterocycles. The van der Waals surface area contributed by atoms with Crippen molar-refractivity contribution in [2.75, 3.05) is 13.2 Å². The molecule has 1 aromatic rings. The summed E-state index contributed by atoms with van der Waals surface area (Å²) in [6.45, 7) is 0.777. The van der Waals surface area contributed by atoms with E-state index >= 15 is 0 Å². The van der Waals surface area contributed by atoms with Crippen LogP contribution in [-0.2, 0) is 26.1 Å². The fourth-order valence-electron chi connectivity index (χ4n) is 1.96. The molecule has 2 rings (SSSR count). The second-order valence-electron chi connectivity index (χ2n) is 4.61. The van der Waals surface area contributed by atoms with Gasteiger partial charge in [0.2, 0.25) is 0 Å². The van der Waals surface area contributed by atoms with Crippen LogP contribution in [0.25, 0.3) is 0 Å². The molecule has 7 heteroatoms. The van der Waals surface area contributed by atoms with Gasteiger partial charge in [0, 0.05) is 13.0 Å². The molecule has 0 spiro atoms. The molecular formula is C13H17NO5S. The van der Waals surface area contributed by atoms with E-state index in [1.807, 2.05) is 0 Å². The van der Waals surface area contributed by atoms with Gasteiger partial charge in [-0.1, -0.05) is 16.6 Å². The van der Waals surface area contributed by atoms with Crippen LogP contribution in [-0.4, -0.2) is 37.1 Å². The molecule has 1 N–H and O–H groups in total. The first kappa shape index (κ1) is 15.0. The van der Waals surface area contributed by atoms with Gasteiger partial charge in [0.25, 0.3) is 10.0 Å². The van der Waals surface area contributed by atoms with Crippen LogP contribution >= 0.6 is 0 Å². The SMILES string of the molecule is O=C(O)CCc1ccc(S(=O)(=O)N2CCCCO2)cc1. The second-order valence-corrected chi connectivity index (χ2v) is 6.44. The molecule has 1 aliphatic heterocycles. The van der Waals surface area contributed by atoms with Crippen LogP contribution in [0.5, 0.6) is 0 Å². The lowest BCUT2D eigenvalue weighted by Crippen LogP contribution is -2.35. The Labute approximate surface area is 118 Å². The predicted octanol–water partition coefficient (Wildman–Crippen LogP) is 1.42. The van der Waals surface area contributed by atoms with Gasteiger partial charge in [0.05, 0.1) is 11.5 Å². The average Bonchev–Trinajstić information content (AvgIpc) is 2.46. The maximum Gasteiger partial charge on any atom is 0.303 e. The average molecular weight is 299 g/mol. The minimum Gasteiger partial charge on any atom is -0.481 e. The van der Waals surface area contributed by atoms with Crippen LogP contribution in [0.4, 0.5) is 0 Å². The number of carbonyl (C=O) groups is 1. The van der Waals surface area contributed by atoms with Gasteiger partial charge >= 0.3 is 5.97 Å². The van der Waals surface area contributed by atoms with E-state index in [1.54, 1.807) is 12.1 Å². The van der Waals surface area contributed by atoms with Crippen molar-refractivity contribution in [3.05, 3.63) is 29.8 Å². The van der Waals surface area contributed by atoms with Crippen molar-refractivity contribution in [2.24, 2.45) is 0 Å². The normalized spacial score (nSPS) is 17.0. The van der Waals surface area contributed by atoms with Crippen molar-refractivity contribution in [1.82, 2.24) is 4.47 Å². The van der Waals surface area contributed by atoms with Crippen LogP contribution in [0.15, 0.2) is 29.2 Å². The van der Waals surface area contributed by atoms with E-state index in [9.17, 15) is 13.2 Å². The Bertz CT molecular complexity index is 561. The van der Waals surface area contributed by atoms with Crippen LogP contribution in [0, 0.1) is 0 Å². The van der Waals surface area contributed by atoms with Crippen molar-refractivity contribution in [3.63, 3.8) is 0 Å². The zero-order valence-corrected chi connectivity index (χ0v) is 11.8. The molecule has 1 saturated heterocycles. The largest absolute Gasteiger partial charge is 0.481 e. The van der Waals surface area contributed by atoms with E-state index in [0.717, 1.165) is 22.9 Å². The number of hydrogen-bond acceptors (Lipinski definition) is 4. The molecule has 0 radical (unpaired) electrons. The number of nitrogens with zero attached hydrogens (tertiary/aromatic N) is 1. The molecule has 20 heavy (non-hydrogen) atoms. The quantitative estimate of drug-likeness (QED) is 0.889. The van der Waals surface area contributed by atoms with Crippen molar-refractivity contribution in [3.8, 4) is 0 Å². The minimum atomic E-state index is -3.62. The lowest BCUT2D eigenvalue weighted by molar-refractivity contribution is -0.136. The summed E-state index contributed by atoms with van der Waals surface area (Å²) in [5.41, 5.74) is 0.797. The highest BCUT2D eigenvalue weighted by atomic mass is 32.2. The van der Waals surface area contributed by atoms with E-state index in [4.69, 9.17) is 9.94 Å². The number of carboxylic acids is 1. The number of rotatable bonds is 5. The van der Waals surface area contributed by atoms with Gasteiger partial charge in [-0.05, 0) is 37.0 Å². The zero-order chi connectivity index (χ0) is 14.6. The van der Waals surface area contributed by atoms with Gasteiger partial charge in [-0.15, -0.1) is 0 Å². The van der Waals surface area contributed by atoms with Gasteiger partial charge in [-0.3, -0.25) is 9.63 Å². The molecule has 0 saturated carbocycles. The van der Waals surface area contributed by atoms with E-state index in [2.05, 4.69) is 0 Å². The number of benzene rings is 1. The van der Waals surface area contributed by atoms with Crippen LogP contribution in [0.3, 0.4) is 0 Å². The highest BCUT2D eigenvalue weighted by molar-refractivity contribution is 7.89. The lowest BCUT2D eigenvalue weighted by atomic mass is 10.1. The number of hydroxylamine groups is 1. The highest BCUT2D eigenvalue weighted by Gasteiger charge is 2.27. The summed E-state index contributed by atoms with van der Waals surface area (Å²) in [4.78, 5) is 15.8. The monoisotopic (exact) mass is 299 g/mol. The zero-order valence-electron chi connectivity index (χ0n) is 11.0. The van der Waals surface area contributed by atoms with Crippen molar-refractivity contribution in [2.45, 2.75) is 30.6 Å². The van der Waals surface area contributed by atoms with Crippen LogP contribution in [0.1, 0.15) is 24.8 Å². The lowest BCUT2D eigenvalue weighted by Gasteiger charge is -2.25. The maximum absolute atomic E-state index is 12.3. The van der Waals surface area contributed by atoms with Gasteiger partial charge in [-0.2, -0.15) is 0 Å². The third-order valence-electron chi connectivity index (χ3n) is 3.09. The van der Waals surface area contributed by atoms with E-state index in [-0.39, 0.29) is 11.3 Å². The second kappa shape index (κ2) is 6.34. The molecule has 0 bridgehead atoms. The number of sulfonamides is 1. The third-order valence-corrected chi connectivity index (χ3v) is 4.78. The Morgan fingerprint density at radius 1 is 1.25 bits per heavy atom. The number of carboxylic acid groups (broad SMARTS) is 1. The van der Waals surface area contributed by atoms with E-state index in [0.29, 0.717) is 19.6 Å². The molecule has 6 nitrogen and oxygen atoms in total. The molecule has 0 atom stereocenters. The molecule has 110 valence electrons. The van der Waals surface area contributed by atoms with Crippen molar-refractivity contribution < 1.29 is 23.2 Å². The molecular weight excluding hydrogens is 282 g/mol. The maximum atomic E-state index is 12.3. The first-order valence-electron chi connectivity index (χ1n) is 6.46. The Hall–Kier alpha value is -1.44. The Morgan fingerprint density at radius 3 is 2.50 bits per heavy atom. The highest BCUT2D eigenvalue weighted by Crippen LogP contribution is 2.20. The first-order valence-corrected chi connectivity index (χ1v) is 7.90. The number of aliphatic carboxylic acids is 1. The smallest absolute Gasteiger partial charge is 0.303 e. The standard InChI is InChI=1S/C13H17NO5S/c15-13(16)8-5-11-3-6-12(7-4-11)20(17,18)14-9-1-2-10-19-14/h3-4,6-7H,1-2,5,8-10H2,(H,15,16). The molecule has 0 aromatic heterocycles. The summed E-state index contributed by atoms with van der Waals surface area (Å²) >= 11 is 0. The minimum absolute atomic E-state index is 0.0291. The Kier molecular flexibility index (Phi) is 4.74. The topological polar surface area (TPSA) is 83.9 Å². The third kappa shape index (κ3) is 3.56. The summed E-state index contributed by atoms with van der Waals surface area (Å²) in [5, 5.41) is 8.61. The summed E-state index contributed by atoms with van der Waals surface area (Å²) < 4.78 is 25.6. The van der Waals surface area contributed by atoms with Gasteiger partial charge in [0.1, 0.15) is 0 Å².